The van der Waals surface area contributed by atoms with Crippen LogP contribution in [0, 0.1) is 27.7 Å². The van der Waals surface area contributed by atoms with Gasteiger partial charge >= 0.3 is 0 Å². The van der Waals surface area contributed by atoms with Gasteiger partial charge in [0.2, 0.25) is 5.91 Å². The van der Waals surface area contributed by atoms with Crippen LogP contribution >= 0.6 is 0 Å². The van der Waals surface area contributed by atoms with Crippen LogP contribution in [-0.4, -0.2) is 35.7 Å². The smallest absolute Gasteiger partial charge is 0.245 e. The van der Waals surface area contributed by atoms with Gasteiger partial charge in [-0.3, -0.25) is 4.79 Å². The van der Waals surface area contributed by atoms with Crippen LogP contribution in [0.5, 0.6) is 0 Å². The monoisotopic (exact) mass is 369 g/mol. The minimum Gasteiger partial charge on any atom is -0.347 e. The van der Waals surface area contributed by atoms with Crippen LogP contribution in [0.3, 0.4) is 0 Å². The lowest BCUT2D eigenvalue weighted by atomic mass is 10.1. The molecule has 27 heavy (non-hydrogen) atoms. The summed E-state index contributed by atoms with van der Waals surface area (Å²) in [5.74, 6) is -1.09. The Hall–Kier alpha value is -2.44. The van der Waals surface area contributed by atoms with E-state index < -0.39 is 5.79 Å². The molecule has 0 radical (unpaired) electrons. The number of benzene rings is 1. The molecule has 0 atom stereocenters. The third kappa shape index (κ3) is 4.12. The Morgan fingerprint density at radius 2 is 1.85 bits per heavy atom. The molecular formula is C21H27N3O3. The van der Waals surface area contributed by atoms with Crippen molar-refractivity contribution in [3.8, 4) is 5.69 Å². The van der Waals surface area contributed by atoms with Crippen molar-refractivity contribution in [2.24, 2.45) is 5.10 Å². The predicted octanol–water partition coefficient (Wildman–Crippen LogP) is 3.31. The van der Waals surface area contributed by atoms with Crippen molar-refractivity contribution in [1.29, 1.82) is 0 Å². The first-order valence-corrected chi connectivity index (χ1v) is 9.16. The molecule has 6 heteroatoms. The summed E-state index contributed by atoms with van der Waals surface area (Å²) in [6.07, 6.45) is 1.80. The summed E-state index contributed by atoms with van der Waals surface area (Å²) in [5, 5.41) is 4.12. The lowest BCUT2D eigenvalue weighted by molar-refractivity contribution is -0.159. The maximum atomic E-state index is 12.1. The number of carbonyl (C=O) groups excluding carboxylic acids is 1. The van der Waals surface area contributed by atoms with Gasteiger partial charge in [-0.05, 0) is 51.8 Å². The van der Waals surface area contributed by atoms with Gasteiger partial charge < -0.3 is 14.0 Å². The van der Waals surface area contributed by atoms with E-state index in [9.17, 15) is 4.79 Å². The molecule has 1 aromatic carbocycles. The number of hydrogen-bond acceptors (Lipinski definition) is 4. The second-order valence-electron chi connectivity index (χ2n) is 7.20. The lowest BCUT2D eigenvalue weighted by Crippen LogP contribution is -2.33. The number of ether oxygens (including phenoxy) is 2. The first-order chi connectivity index (χ1) is 12.8. The Balaban J connectivity index is 1.75. The van der Waals surface area contributed by atoms with Crippen LogP contribution in [0.4, 0.5) is 0 Å². The number of para-hydroxylation sites is 1. The Kier molecular flexibility index (Phi) is 5.48. The number of amides is 1. The average Bonchev–Trinajstić information content (AvgIpc) is 3.13. The van der Waals surface area contributed by atoms with Crippen LogP contribution in [0.1, 0.15) is 41.4 Å². The molecule has 1 aliphatic heterocycles. The van der Waals surface area contributed by atoms with Gasteiger partial charge in [-0.2, -0.15) is 5.10 Å². The summed E-state index contributed by atoms with van der Waals surface area (Å²) < 4.78 is 13.1. The number of nitrogens with one attached hydrogen (secondary N) is 1. The van der Waals surface area contributed by atoms with Gasteiger partial charge in [0.05, 0.1) is 31.5 Å². The van der Waals surface area contributed by atoms with E-state index in [0.29, 0.717) is 13.2 Å². The van der Waals surface area contributed by atoms with E-state index in [1.807, 2.05) is 0 Å². The molecule has 1 amide bonds. The van der Waals surface area contributed by atoms with E-state index in [-0.39, 0.29) is 12.3 Å². The number of rotatable bonds is 5. The number of aryl methyl sites for hydroxylation is 3. The number of hydrogen-bond donors (Lipinski definition) is 1. The fourth-order valence-corrected chi connectivity index (χ4v) is 3.58. The van der Waals surface area contributed by atoms with Gasteiger partial charge in [0.15, 0.2) is 5.79 Å². The molecule has 1 fully saturated rings. The first kappa shape index (κ1) is 19.3. The van der Waals surface area contributed by atoms with Crippen molar-refractivity contribution in [2.45, 2.75) is 46.8 Å². The highest BCUT2D eigenvalue weighted by Gasteiger charge is 2.33. The van der Waals surface area contributed by atoms with Crippen molar-refractivity contribution < 1.29 is 14.3 Å². The SMILES string of the molecule is Cc1cccc(C)c1-n1c(C)cc(/C=N\NC(=O)CC2(C)OCCO2)c1C. The fourth-order valence-electron chi connectivity index (χ4n) is 3.58. The molecule has 0 bridgehead atoms. The van der Waals surface area contributed by atoms with E-state index in [1.54, 1.807) is 13.1 Å². The molecule has 0 aliphatic carbocycles. The zero-order chi connectivity index (χ0) is 19.6. The van der Waals surface area contributed by atoms with Crippen LogP contribution in [0.15, 0.2) is 29.4 Å². The topological polar surface area (TPSA) is 64.9 Å². The van der Waals surface area contributed by atoms with Crippen molar-refractivity contribution in [2.75, 3.05) is 13.2 Å². The maximum Gasteiger partial charge on any atom is 0.245 e. The quantitative estimate of drug-likeness (QED) is 0.650. The third-order valence-corrected chi connectivity index (χ3v) is 4.91. The molecule has 1 N–H and O–H groups in total. The number of hydrazone groups is 1. The zero-order valence-corrected chi connectivity index (χ0v) is 16.6. The molecule has 144 valence electrons. The van der Waals surface area contributed by atoms with Crippen molar-refractivity contribution >= 4 is 12.1 Å². The summed E-state index contributed by atoms with van der Waals surface area (Å²) in [6.45, 7) is 11.1. The summed E-state index contributed by atoms with van der Waals surface area (Å²) in [6, 6.07) is 8.37. The minimum absolute atomic E-state index is 0.117. The molecular weight excluding hydrogens is 342 g/mol. The van der Waals surface area contributed by atoms with E-state index >= 15 is 0 Å². The Morgan fingerprint density at radius 1 is 1.22 bits per heavy atom. The standard InChI is InChI=1S/C21H27N3O3/c1-14-7-6-8-15(2)20(14)24-16(3)11-18(17(24)4)13-22-23-19(25)12-21(5)26-9-10-27-21/h6-8,11,13H,9-10,12H2,1-5H3,(H,23,25)/b22-13-. The Bertz CT molecular complexity index is 857. The number of carbonyl (C=O) groups is 1. The molecule has 0 unspecified atom stereocenters. The highest BCUT2D eigenvalue weighted by Crippen LogP contribution is 2.25. The van der Waals surface area contributed by atoms with Crippen LogP contribution in [0.25, 0.3) is 5.69 Å². The largest absolute Gasteiger partial charge is 0.347 e. The Morgan fingerprint density at radius 3 is 2.48 bits per heavy atom. The Labute approximate surface area is 160 Å². The van der Waals surface area contributed by atoms with E-state index in [2.05, 4.69) is 67.1 Å². The summed E-state index contributed by atoms with van der Waals surface area (Å²) in [5.41, 5.74) is 9.37. The number of nitrogens with zero attached hydrogens (tertiary/aromatic N) is 2. The molecule has 3 rings (SSSR count). The molecule has 0 saturated carbocycles. The molecule has 6 nitrogen and oxygen atoms in total. The summed E-state index contributed by atoms with van der Waals surface area (Å²) in [4.78, 5) is 12.1. The molecule has 1 aliphatic rings. The normalized spacial score (nSPS) is 16.2. The summed E-state index contributed by atoms with van der Waals surface area (Å²) in [7, 11) is 0. The van der Waals surface area contributed by atoms with Crippen molar-refractivity contribution in [3.05, 3.63) is 52.3 Å². The van der Waals surface area contributed by atoms with E-state index in [1.165, 1.54) is 16.8 Å². The number of aromatic nitrogens is 1. The van der Waals surface area contributed by atoms with Gasteiger partial charge in [-0.15, -0.1) is 0 Å². The van der Waals surface area contributed by atoms with Gasteiger partial charge in [0.1, 0.15) is 0 Å². The average molecular weight is 369 g/mol. The van der Waals surface area contributed by atoms with Gasteiger partial charge in [0.25, 0.3) is 0 Å². The van der Waals surface area contributed by atoms with Crippen LogP contribution in [0.2, 0.25) is 0 Å². The minimum atomic E-state index is -0.849. The highest BCUT2D eigenvalue weighted by molar-refractivity contribution is 5.84. The predicted molar refractivity (Wildman–Crippen MR) is 105 cm³/mol. The van der Waals surface area contributed by atoms with E-state index in [4.69, 9.17) is 9.47 Å². The molecule has 2 aromatic rings. The van der Waals surface area contributed by atoms with Crippen LogP contribution in [-0.2, 0) is 14.3 Å². The first-order valence-electron chi connectivity index (χ1n) is 9.16. The van der Waals surface area contributed by atoms with Crippen LogP contribution < -0.4 is 5.43 Å². The lowest BCUT2D eigenvalue weighted by Gasteiger charge is -2.20. The zero-order valence-electron chi connectivity index (χ0n) is 16.6. The second-order valence-corrected chi connectivity index (χ2v) is 7.20. The maximum absolute atomic E-state index is 12.1. The van der Waals surface area contributed by atoms with Gasteiger partial charge in [0, 0.05) is 17.0 Å². The molecule has 1 saturated heterocycles. The molecule has 0 spiro atoms. The van der Waals surface area contributed by atoms with Gasteiger partial charge in [-0.25, -0.2) is 5.43 Å². The fraction of sp³-hybridized carbons (Fsp3) is 0.429. The second kappa shape index (κ2) is 7.66. The van der Waals surface area contributed by atoms with E-state index in [0.717, 1.165) is 17.0 Å². The molecule has 2 heterocycles. The highest BCUT2D eigenvalue weighted by atomic mass is 16.7. The summed E-state index contributed by atoms with van der Waals surface area (Å²) >= 11 is 0. The third-order valence-electron chi connectivity index (χ3n) is 4.91. The van der Waals surface area contributed by atoms with Crippen molar-refractivity contribution in [3.63, 3.8) is 0 Å². The molecule has 1 aromatic heterocycles. The van der Waals surface area contributed by atoms with Gasteiger partial charge in [-0.1, -0.05) is 18.2 Å². The van der Waals surface area contributed by atoms with Crippen molar-refractivity contribution in [1.82, 2.24) is 9.99 Å².